The van der Waals surface area contributed by atoms with Crippen molar-refractivity contribution < 1.29 is 13.9 Å². The molecule has 0 saturated carbocycles. The van der Waals surface area contributed by atoms with Crippen molar-refractivity contribution in [2.24, 2.45) is 0 Å². The van der Waals surface area contributed by atoms with E-state index in [9.17, 15) is 9.18 Å². The molecule has 0 radical (unpaired) electrons. The predicted octanol–water partition coefficient (Wildman–Crippen LogP) is 3.57. The molecular weight excluding hydrogens is 293 g/mol. The van der Waals surface area contributed by atoms with Gasteiger partial charge in [0.25, 0.3) is 5.91 Å². The van der Waals surface area contributed by atoms with Gasteiger partial charge in [0.2, 0.25) is 0 Å². The standard InChI is InChI=1S/C19H22FNO2/c1-13-4-9-18(14(2)12-13)23-15(3)19(22)21-11-10-16-5-7-17(20)8-6-16/h4-9,12,15H,10-11H2,1-3H3,(H,21,22)/t15-/m0/s1. The van der Waals surface area contributed by atoms with Gasteiger partial charge in [0.15, 0.2) is 6.10 Å². The largest absolute Gasteiger partial charge is 0.481 e. The molecule has 1 amide bonds. The van der Waals surface area contributed by atoms with Crippen LogP contribution in [0.1, 0.15) is 23.6 Å². The van der Waals surface area contributed by atoms with Crippen molar-refractivity contribution in [3.05, 3.63) is 65.0 Å². The first kappa shape index (κ1) is 17.0. The van der Waals surface area contributed by atoms with E-state index in [1.807, 2.05) is 32.0 Å². The molecule has 0 aliphatic rings. The normalized spacial score (nSPS) is 11.8. The second kappa shape index (κ2) is 7.77. The third kappa shape index (κ3) is 5.09. The molecule has 0 spiro atoms. The summed E-state index contributed by atoms with van der Waals surface area (Å²) in [7, 11) is 0. The fraction of sp³-hybridized carbons (Fsp3) is 0.316. The molecule has 122 valence electrons. The van der Waals surface area contributed by atoms with Crippen molar-refractivity contribution in [1.82, 2.24) is 5.32 Å². The fourth-order valence-corrected chi connectivity index (χ4v) is 2.30. The van der Waals surface area contributed by atoms with Gasteiger partial charge in [-0.2, -0.15) is 0 Å². The molecule has 0 fully saturated rings. The Morgan fingerprint density at radius 3 is 2.52 bits per heavy atom. The number of ether oxygens (including phenoxy) is 1. The van der Waals surface area contributed by atoms with Crippen LogP contribution < -0.4 is 10.1 Å². The van der Waals surface area contributed by atoms with Crippen LogP contribution >= 0.6 is 0 Å². The van der Waals surface area contributed by atoms with E-state index in [1.54, 1.807) is 19.1 Å². The van der Waals surface area contributed by atoms with E-state index in [4.69, 9.17) is 4.74 Å². The van der Waals surface area contributed by atoms with Gasteiger partial charge < -0.3 is 10.1 Å². The van der Waals surface area contributed by atoms with Gasteiger partial charge >= 0.3 is 0 Å². The summed E-state index contributed by atoms with van der Waals surface area (Å²) in [6.07, 6.45) is 0.0899. The van der Waals surface area contributed by atoms with Crippen molar-refractivity contribution in [2.75, 3.05) is 6.54 Å². The SMILES string of the molecule is Cc1ccc(O[C@@H](C)C(=O)NCCc2ccc(F)cc2)c(C)c1. The average molecular weight is 315 g/mol. The molecule has 0 aliphatic heterocycles. The highest BCUT2D eigenvalue weighted by atomic mass is 19.1. The molecule has 1 atom stereocenters. The zero-order valence-corrected chi connectivity index (χ0v) is 13.7. The van der Waals surface area contributed by atoms with Crippen molar-refractivity contribution in [2.45, 2.75) is 33.3 Å². The van der Waals surface area contributed by atoms with E-state index in [0.717, 1.165) is 22.4 Å². The second-order valence-corrected chi connectivity index (χ2v) is 5.70. The summed E-state index contributed by atoms with van der Waals surface area (Å²) in [6, 6.07) is 12.1. The highest BCUT2D eigenvalue weighted by Gasteiger charge is 2.15. The molecule has 4 heteroatoms. The topological polar surface area (TPSA) is 38.3 Å². The van der Waals surface area contributed by atoms with E-state index in [-0.39, 0.29) is 11.7 Å². The van der Waals surface area contributed by atoms with E-state index >= 15 is 0 Å². The van der Waals surface area contributed by atoms with Gasteiger partial charge in [0.05, 0.1) is 0 Å². The summed E-state index contributed by atoms with van der Waals surface area (Å²) in [4.78, 5) is 12.1. The van der Waals surface area contributed by atoms with Gasteiger partial charge in [-0.3, -0.25) is 4.79 Å². The number of amides is 1. The minimum absolute atomic E-state index is 0.160. The van der Waals surface area contributed by atoms with Crippen molar-refractivity contribution in [1.29, 1.82) is 0 Å². The Morgan fingerprint density at radius 1 is 1.17 bits per heavy atom. The molecule has 0 aliphatic carbocycles. The molecule has 0 bridgehead atoms. The molecule has 1 N–H and O–H groups in total. The van der Waals surface area contributed by atoms with Crippen LogP contribution in [0.3, 0.4) is 0 Å². The summed E-state index contributed by atoms with van der Waals surface area (Å²) >= 11 is 0. The second-order valence-electron chi connectivity index (χ2n) is 5.70. The number of hydrogen-bond donors (Lipinski definition) is 1. The van der Waals surface area contributed by atoms with Crippen LogP contribution in [0, 0.1) is 19.7 Å². The molecule has 2 aromatic carbocycles. The summed E-state index contributed by atoms with van der Waals surface area (Å²) < 4.78 is 18.5. The van der Waals surface area contributed by atoms with E-state index < -0.39 is 6.10 Å². The van der Waals surface area contributed by atoms with Crippen LogP contribution in [0.5, 0.6) is 5.75 Å². The zero-order chi connectivity index (χ0) is 16.8. The maximum Gasteiger partial charge on any atom is 0.260 e. The molecular formula is C19H22FNO2. The first-order valence-electron chi connectivity index (χ1n) is 7.72. The molecule has 2 aromatic rings. The fourth-order valence-electron chi connectivity index (χ4n) is 2.30. The lowest BCUT2D eigenvalue weighted by atomic mass is 10.1. The number of rotatable bonds is 6. The van der Waals surface area contributed by atoms with Gasteiger partial charge in [-0.05, 0) is 56.5 Å². The monoisotopic (exact) mass is 315 g/mol. The Labute approximate surface area is 136 Å². The molecule has 2 rings (SSSR count). The summed E-state index contributed by atoms with van der Waals surface area (Å²) in [6.45, 7) is 6.20. The first-order valence-corrected chi connectivity index (χ1v) is 7.72. The first-order chi connectivity index (χ1) is 11.0. The van der Waals surface area contributed by atoms with Gasteiger partial charge in [-0.25, -0.2) is 4.39 Å². The Morgan fingerprint density at radius 2 is 1.87 bits per heavy atom. The molecule has 0 aromatic heterocycles. The third-order valence-electron chi connectivity index (χ3n) is 3.63. The van der Waals surface area contributed by atoms with E-state index in [2.05, 4.69) is 5.32 Å². The van der Waals surface area contributed by atoms with Crippen molar-refractivity contribution in [3.63, 3.8) is 0 Å². The van der Waals surface area contributed by atoms with Crippen LogP contribution in [0.4, 0.5) is 4.39 Å². The lowest BCUT2D eigenvalue weighted by molar-refractivity contribution is -0.127. The number of nitrogens with one attached hydrogen (secondary N) is 1. The summed E-state index contributed by atoms with van der Waals surface area (Å²) in [5.74, 6) is 0.303. The van der Waals surface area contributed by atoms with Gasteiger partial charge in [0.1, 0.15) is 11.6 Å². The maximum absolute atomic E-state index is 12.8. The third-order valence-corrected chi connectivity index (χ3v) is 3.63. The predicted molar refractivity (Wildman–Crippen MR) is 89.1 cm³/mol. The summed E-state index contributed by atoms with van der Waals surface area (Å²) in [5, 5.41) is 2.84. The smallest absolute Gasteiger partial charge is 0.260 e. The lowest BCUT2D eigenvalue weighted by Crippen LogP contribution is -2.37. The molecule has 3 nitrogen and oxygen atoms in total. The average Bonchev–Trinajstić information content (AvgIpc) is 2.51. The van der Waals surface area contributed by atoms with Gasteiger partial charge in [-0.1, -0.05) is 29.8 Å². The Hall–Kier alpha value is -2.36. The van der Waals surface area contributed by atoms with Crippen molar-refractivity contribution in [3.8, 4) is 5.75 Å². The van der Waals surface area contributed by atoms with Gasteiger partial charge in [-0.15, -0.1) is 0 Å². The number of benzene rings is 2. The van der Waals surface area contributed by atoms with Crippen LogP contribution in [0.25, 0.3) is 0 Å². The maximum atomic E-state index is 12.8. The quantitative estimate of drug-likeness (QED) is 0.885. The minimum Gasteiger partial charge on any atom is -0.481 e. The zero-order valence-electron chi connectivity index (χ0n) is 13.7. The number of hydrogen-bond acceptors (Lipinski definition) is 2. The lowest BCUT2D eigenvalue weighted by Gasteiger charge is -2.16. The number of carbonyl (C=O) groups is 1. The minimum atomic E-state index is -0.565. The molecule has 23 heavy (non-hydrogen) atoms. The summed E-state index contributed by atoms with van der Waals surface area (Å²) in [5.41, 5.74) is 3.15. The van der Waals surface area contributed by atoms with Crippen LogP contribution in [0.15, 0.2) is 42.5 Å². The van der Waals surface area contributed by atoms with Crippen molar-refractivity contribution >= 4 is 5.91 Å². The van der Waals surface area contributed by atoms with Gasteiger partial charge in [0, 0.05) is 6.54 Å². The highest BCUT2D eigenvalue weighted by molar-refractivity contribution is 5.80. The number of carbonyl (C=O) groups excluding carboxylic acids is 1. The number of halogens is 1. The molecule has 0 heterocycles. The van der Waals surface area contributed by atoms with E-state index in [1.165, 1.54) is 12.1 Å². The highest BCUT2D eigenvalue weighted by Crippen LogP contribution is 2.20. The van der Waals surface area contributed by atoms with Crippen LogP contribution in [0.2, 0.25) is 0 Å². The Balaban J connectivity index is 1.81. The Kier molecular flexibility index (Phi) is 5.74. The molecule has 0 unspecified atom stereocenters. The Bertz CT molecular complexity index is 668. The van der Waals surface area contributed by atoms with Crippen LogP contribution in [-0.4, -0.2) is 18.6 Å². The van der Waals surface area contributed by atoms with Crippen LogP contribution in [-0.2, 0) is 11.2 Å². The molecule has 0 saturated heterocycles. The number of aryl methyl sites for hydroxylation is 2. The van der Waals surface area contributed by atoms with E-state index in [0.29, 0.717) is 13.0 Å².